The van der Waals surface area contributed by atoms with E-state index < -0.39 is 0 Å². The zero-order valence-corrected chi connectivity index (χ0v) is 12.0. The topological polar surface area (TPSA) is 39.7 Å². The molecule has 0 spiro atoms. The van der Waals surface area contributed by atoms with Crippen molar-refractivity contribution in [3.05, 3.63) is 46.7 Å². The second-order valence-corrected chi connectivity index (χ2v) is 4.92. The van der Waals surface area contributed by atoms with E-state index in [9.17, 15) is 4.39 Å². The van der Waals surface area contributed by atoms with E-state index in [1.54, 1.807) is 13.2 Å². The molecule has 1 heterocycles. The Morgan fingerprint density at radius 2 is 2.14 bits per heavy atom. The third-order valence-corrected chi connectivity index (χ3v) is 3.44. The average Bonchev–Trinajstić information content (AvgIpc) is 2.93. The van der Waals surface area contributed by atoms with Gasteiger partial charge in [0.1, 0.15) is 5.82 Å². The van der Waals surface area contributed by atoms with Crippen LogP contribution in [-0.2, 0) is 6.54 Å². The van der Waals surface area contributed by atoms with Gasteiger partial charge in [0.05, 0.1) is 17.8 Å². The highest BCUT2D eigenvalue weighted by Gasteiger charge is 2.20. The highest BCUT2D eigenvalue weighted by molar-refractivity contribution is 6.33. The van der Waals surface area contributed by atoms with Crippen LogP contribution in [0.15, 0.2) is 30.3 Å². The lowest BCUT2D eigenvalue weighted by Crippen LogP contribution is -2.01. The van der Waals surface area contributed by atoms with Crippen LogP contribution in [0.1, 0.15) is 5.56 Å². The van der Waals surface area contributed by atoms with Gasteiger partial charge >= 0.3 is 0 Å². The van der Waals surface area contributed by atoms with Gasteiger partial charge in [-0.1, -0.05) is 11.6 Å². The maximum Gasteiger partial charge on any atom is 0.231 e. The summed E-state index contributed by atoms with van der Waals surface area (Å²) in [7, 11) is 1.57. The van der Waals surface area contributed by atoms with Crippen LogP contribution in [0.3, 0.4) is 0 Å². The Balaban J connectivity index is 1.79. The van der Waals surface area contributed by atoms with Crippen molar-refractivity contribution in [1.29, 1.82) is 0 Å². The molecule has 3 rings (SSSR count). The Morgan fingerprint density at radius 1 is 1.29 bits per heavy atom. The van der Waals surface area contributed by atoms with E-state index in [0.717, 1.165) is 5.56 Å². The summed E-state index contributed by atoms with van der Waals surface area (Å²) in [6.07, 6.45) is 0. The van der Waals surface area contributed by atoms with Gasteiger partial charge in [0.2, 0.25) is 12.5 Å². The largest absolute Gasteiger partial charge is 0.493 e. The lowest BCUT2D eigenvalue weighted by Gasteiger charge is -2.11. The highest BCUT2D eigenvalue weighted by Crippen LogP contribution is 2.42. The lowest BCUT2D eigenvalue weighted by atomic mass is 10.1. The number of halogens is 2. The van der Waals surface area contributed by atoms with Crippen LogP contribution in [0.5, 0.6) is 17.2 Å². The smallest absolute Gasteiger partial charge is 0.231 e. The second kappa shape index (κ2) is 5.69. The first-order valence-electron chi connectivity index (χ1n) is 6.33. The summed E-state index contributed by atoms with van der Waals surface area (Å²) < 4.78 is 29.0. The molecule has 1 N–H and O–H groups in total. The Hall–Kier alpha value is -2.14. The molecule has 0 amide bonds. The Morgan fingerprint density at radius 3 is 2.90 bits per heavy atom. The minimum Gasteiger partial charge on any atom is -0.493 e. The summed E-state index contributed by atoms with van der Waals surface area (Å²) in [5.41, 5.74) is 1.60. The van der Waals surface area contributed by atoms with Gasteiger partial charge in [0.15, 0.2) is 11.5 Å². The quantitative estimate of drug-likeness (QED) is 0.932. The molecule has 0 fully saturated rings. The van der Waals surface area contributed by atoms with Crippen molar-refractivity contribution in [1.82, 2.24) is 0 Å². The number of methoxy groups -OCH3 is 1. The molecule has 0 radical (unpaired) electrons. The van der Waals surface area contributed by atoms with Crippen LogP contribution in [0, 0.1) is 5.82 Å². The molecule has 21 heavy (non-hydrogen) atoms. The molecular formula is C15H13ClFNO3. The standard InChI is InChI=1S/C15H13ClFNO3/c1-19-13-4-9(5-14-15(13)21-8-20-14)7-18-12-3-2-10(17)6-11(12)16/h2-6,18H,7-8H2,1H3. The molecule has 0 aromatic heterocycles. The summed E-state index contributed by atoms with van der Waals surface area (Å²) >= 11 is 5.98. The molecule has 2 aromatic rings. The van der Waals surface area contributed by atoms with Crippen LogP contribution in [0.4, 0.5) is 10.1 Å². The number of nitrogens with one attached hydrogen (secondary N) is 1. The monoisotopic (exact) mass is 309 g/mol. The minimum atomic E-state index is -0.365. The van der Waals surface area contributed by atoms with Crippen molar-refractivity contribution in [2.75, 3.05) is 19.2 Å². The second-order valence-electron chi connectivity index (χ2n) is 4.51. The molecule has 2 aromatic carbocycles. The van der Waals surface area contributed by atoms with Crippen molar-refractivity contribution in [3.8, 4) is 17.2 Å². The number of hydrogen-bond donors (Lipinski definition) is 1. The third kappa shape index (κ3) is 2.83. The van der Waals surface area contributed by atoms with E-state index in [1.165, 1.54) is 12.1 Å². The van der Waals surface area contributed by atoms with Crippen molar-refractivity contribution in [2.45, 2.75) is 6.54 Å². The zero-order valence-electron chi connectivity index (χ0n) is 11.3. The van der Waals surface area contributed by atoms with Crippen LogP contribution >= 0.6 is 11.6 Å². The fourth-order valence-electron chi connectivity index (χ4n) is 2.12. The predicted octanol–water partition coefficient (Wildman–Crippen LogP) is 3.83. The van der Waals surface area contributed by atoms with E-state index in [1.807, 2.05) is 12.1 Å². The summed E-state index contributed by atoms with van der Waals surface area (Å²) in [6.45, 7) is 0.685. The fraction of sp³-hybridized carbons (Fsp3) is 0.200. The molecule has 0 unspecified atom stereocenters. The molecule has 0 saturated heterocycles. The van der Waals surface area contributed by atoms with Crippen LogP contribution in [-0.4, -0.2) is 13.9 Å². The molecule has 0 atom stereocenters. The fourth-order valence-corrected chi connectivity index (χ4v) is 2.35. The predicted molar refractivity (Wildman–Crippen MR) is 77.9 cm³/mol. The Bertz CT molecular complexity index is 678. The summed E-state index contributed by atoms with van der Waals surface area (Å²) in [5, 5.41) is 3.48. The maximum atomic E-state index is 13.0. The zero-order chi connectivity index (χ0) is 14.8. The molecule has 1 aliphatic heterocycles. The molecule has 4 nitrogen and oxygen atoms in total. The summed E-state index contributed by atoms with van der Waals surface area (Å²) in [6, 6.07) is 7.95. The number of benzene rings is 2. The van der Waals surface area contributed by atoms with Gasteiger partial charge in [0, 0.05) is 6.54 Å². The third-order valence-electron chi connectivity index (χ3n) is 3.13. The minimum absolute atomic E-state index is 0.187. The number of anilines is 1. The van der Waals surface area contributed by atoms with Gasteiger partial charge in [0.25, 0.3) is 0 Å². The molecule has 0 bridgehead atoms. The number of fused-ring (bicyclic) bond motifs is 1. The first kappa shape index (κ1) is 13.8. The van der Waals surface area contributed by atoms with Gasteiger partial charge in [-0.2, -0.15) is 0 Å². The average molecular weight is 310 g/mol. The summed E-state index contributed by atoms with van der Waals surface area (Å²) in [4.78, 5) is 0. The molecule has 110 valence electrons. The van der Waals surface area contributed by atoms with Crippen LogP contribution in [0.2, 0.25) is 5.02 Å². The van der Waals surface area contributed by atoms with Gasteiger partial charge in [-0.05, 0) is 35.9 Å². The number of hydrogen-bond acceptors (Lipinski definition) is 4. The van der Waals surface area contributed by atoms with Crippen molar-refractivity contribution in [3.63, 3.8) is 0 Å². The van der Waals surface area contributed by atoms with Gasteiger partial charge in [-0.3, -0.25) is 0 Å². The molecular weight excluding hydrogens is 297 g/mol. The van der Waals surface area contributed by atoms with Crippen LogP contribution in [0.25, 0.3) is 0 Å². The van der Waals surface area contributed by atoms with Crippen molar-refractivity contribution >= 4 is 17.3 Å². The maximum absolute atomic E-state index is 13.0. The lowest BCUT2D eigenvalue weighted by molar-refractivity contribution is 0.171. The van der Waals surface area contributed by atoms with E-state index in [4.69, 9.17) is 25.8 Å². The normalized spacial score (nSPS) is 12.3. The molecule has 0 aliphatic carbocycles. The summed E-state index contributed by atoms with van der Waals surface area (Å²) in [5.74, 6) is 1.51. The van der Waals surface area contributed by atoms with Gasteiger partial charge in [-0.25, -0.2) is 4.39 Å². The Labute approximate surface area is 126 Å². The Kier molecular flexibility index (Phi) is 3.75. The van der Waals surface area contributed by atoms with E-state index in [2.05, 4.69) is 5.32 Å². The highest BCUT2D eigenvalue weighted by atomic mass is 35.5. The van der Waals surface area contributed by atoms with Gasteiger partial charge in [-0.15, -0.1) is 0 Å². The van der Waals surface area contributed by atoms with E-state index in [0.29, 0.717) is 34.5 Å². The SMILES string of the molecule is COc1cc(CNc2ccc(F)cc2Cl)cc2c1OCO2. The first-order chi connectivity index (χ1) is 10.2. The number of rotatable bonds is 4. The molecule has 6 heteroatoms. The van der Waals surface area contributed by atoms with E-state index in [-0.39, 0.29) is 12.6 Å². The van der Waals surface area contributed by atoms with Gasteiger partial charge < -0.3 is 19.5 Å². The van der Waals surface area contributed by atoms with E-state index >= 15 is 0 Å². The number of ether oxygens (including phenoxy) is 3. The first-order valence-corrected chi connectivity index (χ1v) is 6.70. The van der Waals surface area contributed by atoms with Crippen molar-refractivity contribution < 1.29 is 18.6 Å². The van der Waals surface area contributed by atoms with Crippen LogP contribution < -0.4 is 19.5 Å². The molecule has 1 aliphatic rings. The molecule has 0 saturated carbocycles. The van der Waals surface area contributed by atoms with Crippen molar-refractivity contribution in [2.24, 2.45) is 0 Å².